The first-order valence-electron chi connectivity index (χ1n) is 5.23. The van der Waals surface area contributed by atoms with Gasteiger partial charge in [-0.25, -0.2) is 0 Å². The highest BCUT2D eigenvalue weighted by Gasteiger charge is 2.08. The average molecular weight is 219 g/mol. The molecule has 16 heavy (non-hydrogen) atoms. The number of nitriles is 1. The van der Waals surface area contributed by atoms with Gasteiger partial charge in [0.1, 0.15) is 6.07 Å². The van der Waals surface area contributed by atoms with Gasteiger partial charge in [0.05, 0.1) is 11.8 Å². The molecule has 0 aromatic carbocycles. The Labute approximate surface area is 96.3 Å². The van der Waals surface area contributed by atoms with Gasteiger partial charge in [0.15, 0.2) is 5.82 Å². The molecule has 0 amide bonds. The monoisotopic (exact) mass is 219 g/mol. The third-order valence-electron chi connectivity index (χ3n) is 2.28. The zero-order valence-corrected chi connectivity index (χ0v) is 10.0. The van der Waals surface area contributed by atoms with E-state index in [9.17, 15) is 0 Å². The van der Waals surface area contributed by atoms with E-state index in [1.54, 1.807) is 6.07 Å². The van der Waals surface area contributed by atoms with Crippen molar-refractivity contribution in [3.63, 3.8) is 0 Å². The van der Waals surface area contributed by atoms with Crippen molar-refractivity contribution in [2.45, 2.75) is 6.42 Å². The molecule has 0 atom stereocenters. The Balaban J connectivity index is 2.59. The molecule has 1 heterocycles. The van der Waals surface area contributed by atoms with Gasteiger partial charge >= 0.3 is 0 Å². The standard InChI is InChI=1S/C11H17N5/c1-15(2)7-4-8-16(3)11-10(9-12)5-6-13-14-11/h5-6H,4,7-8H2,1-3H3. The lowest BCUT2D eigenvalue weighted by Gasteiger charge is -2.19. The Morgan fingerprint density at radius 2 is 2.06 bits per heavy atom. The minimum absolute atomic E-state index is 0.572. The molecule has 0 spiro atoms. The molecule has 1 rings (SSSR count). The second kappa shape index (κ2) is 6.03. The van der Waals surface area contributed by atoms with Gasteiger partial charge in [-0.1, -0.05) is 0 Å². The molecule has 1 aromatic heterocycles. The molecule has 0 aliphatic rings. The predicted molar refractivity (Wildman–Crippen MR) is 63.2 cm³/mol. The number of aromatic nitrogens is 2. The molecule has 0 saturated heterocycles. The first-order valence-corrected chi connectivity index (χ1v) is 5.23. The maximum absolute atomic E-state index is 8.93. The van der Waals surface area contributed by atoms with Crippen LogP contribution in [0.2, 0.25) is 0 Å². The molecule has 0 unspecified atom stereocenters. The molecule has 5 nitrogen and oxygen atoms in total. The summed E-state index contributed by atoms with van der Waals surface area (Å²) in [4.78, 5) is 4.10. The van der Waals surface area contributed by atoms with Crippen molar-refractivity contribution < 1.29 is 0 Å². The van der Waals surface area contributed by atoms with E-state index in [0.717, 1.165) is 19.5 Å². The van der Waals surface area contributed by atoms with Crippen LogP contribution in [0.5, 0.6) is 0 Å². The highest BCUT2D eigenvalue weighted by molar-refractivity contribution is 5.51. The van der Waals surface area contributed by atoms with E-state index in [1.807, 2.05) is 26.0 Å². The summed E-state index contributed by atoms with van der Waals surface area (Å²) in [6.07, 6.45) is 2.57. The van der Waals surface area contributed by atoms with Crippen molar-refractivity contribution in [3.8, 4) is 6.07 Å². The minimum atomic E-state index is 0.572. The lowest BCUT2D eigenvalue weighted by molar-refractivity contribution is 0.401. The summed E-state index contributed by atoms with van der Waals surface area (Å²) in [5.41, 5.74) is 0.572. The molecule has 0 saturated carbocycles. The summed E-state index contributed by atoms with van der Waals surface area (Å²) >= 11 is 0. The van der Waals surface area contributed by atoms with Crippen molar-refractivity contribution in [1.29, 1.82) is 5.26 Å². The fourth-order valence-corrected chi connectivity index (χ4v) is 1.42. The Kier molecular flexibility index (Phi) is 4.67. The summed E-state index contributed by atoms with van der Waals surface area (Å²) in [7, 11) is 6.02. The van der Waals surface area contributed by atoms with E-state index in [-0.39, 0.29) is 0 Å². The molecular formula is C11H17N5. The van der Waals surface area contributed by atoms with E-state index in [1.165, 1.54) is 6.20 Å². The minimum Gasteiger partial charge on any atom is -0.357 e. The summed E-state index contributed by atoms with van der Waals surface area (Å²) in [6, 6.07) is 3.81. The lowest BCUT2D eigenvalue weighted by Crippen LogP contribution is -2.24. The topological polar surface area (TPSA) is 56.1 Å². The van der Waals surface area contributed by atoms with Gasteiger partial charge in [-0.2, -0.15) is 10.4 Å². The van der Waals surface area contributed by atoms with Crippen LogP contribution < -0.4 is 4.90 Å². The van der Waals surface area contributed by atoms with Gasteiger partial charge in [-0.3, -0.25) is 0 Å². The van der Waals surface area contributed by atoms with E-state index >= 15 is 0 Å². The van der Waals surface area contributed by atoms with Crippen LogP contribution in [0, 0.1) is 11.3 Å². The van der Waals surface area contributed by atoms with E-state index in [2.05, 4.69) is 21.2 Å². The van der Waals surface area contributed by atoms with Gasteiger partial charge in [-0.05, 0) is 33.1 Å². The molecular weight excluding hydrogens is 202 g/mol. The van der Waals surface area contributed by atoms with Crippen LogP contribution in [0.1, 0.15) is 12.0 Å². The molecule has 0 aliphatic heterocycles. The number of anilines is 1. The van der Waals surface area contributed by atoms with Crippen LogP contribution in [-0.4, -0.2) is 49.3 Å². The largest absolute Gasteiger partial charge is 0.357 e. The Morgan fingerprint density at radius 3 is 2.69 bits per heavy atom. The van der Waals surface area contributed by atoms with E-state index in [4.69, 9.17) is 5.26 Å². The predicted octanol–water partition coefficient (Wildman–Crippen LogP) is 0.736. The summed E-state index contributed by atoms with van der Waals surface area (Å²) in [5.74, 6) is 0.656. The van der Waals surface area contributed by atoms with Crippen molar-refractivity contribution in [2.24, 2.45) is 0 Å². The van der Waals surface area contributed by atoms with Gasteiger partial charge in [0.2, 0.25) is 0 Å². The second-order valence-corrected chi connectivity index (χ2v) is 3.96. The van der Waals surface area contributed by atoms with Crippen molar-refractivity contribution >= 4 is 5.82 Å². The number of hydrogen-bond donors (Lipinski definition) is 0. The Hall–Kier alpha value is -1.67. The van der Waals surface area contributed by atoms with Gasteiger partial charge in [-0.15, -0.1) is 5.10 Å². The number of hydrogen-bond acceptors (Lipinski definition) is 5. The molecule has 0 aliphatic carbocycles. The fourth-order valence-electron chi connectivity index (χ4n) is 1.42. The van der Waals surface area contributed by atoms with E-state index < -0.39 is 0 Å². The lowest BCUT2D eigenvalue weighted by atomic mass is 10.3. The van der Waals surface area contributed by atoms with Crippen LogP contribution in [0.3, 0.4) is 0 Å². The third kappa shape index (κ3) is 3.48. The number of rotatable bonds is 5. The van der Waals surface area contributed by atoms with E-state index in [0.29, 0.717) is 11.4 Å². The third-order valence-corrected chi connectivity index (χ3v) is 2.28. The van der Waals surface area contributed by atoms with Crippen LogP contribution in [0.15, 0.2) is 12.3 Å². The normalized spacial score (nSPS) is 10.2. The van der Waals surface area contributed by atoms with Crippen LogP contribution in [0.4, 0.5) is 5.82 Å². The van der Waals surface area contributed by atoms with Gasteiger partial charge in [0, 0.05) is 13.6 Å². The highest BCUT2D eigenvalue weighted by Crippen LogP contribution is 2.13. The smallest absolute Gasteiger partial charge is 0.168 e. The molecule has 1 aromatic rings. The molecule has 0 N–H and O–H groups in total. The fraction of sp³-hybridized carbons (Fsp3) is 0.545. The van der Waals surface area contributed by atoms with Crippen molar-refractivity contribution in [3.05, 3.63) is 17.8 Å². The zero-order valence-electron chi connectivity index (χ0n) is 10.0. The molecule has 0 fully saturated rings. The van der Waals surface area contributed by atoms with Crippen molar-refractivity contribution in [2.75, 3.05) is 39.1 Å². The second-order valence-electron chi connectivity index (χ2n) is 3.96. The first kappa shape index (κ1) is 12.4. The van der Waals surface area contributed by atoms with Crippen LogP contribution in [-0.2, 0) is 0 Å². The van der Waals surface area contributed by atoms with Gasteiger partial charge < -0.3 is 9.80 Å². The van der Waals surface area contributed by atoms with Crippen molar-refractivity contribution in [1.82, 2.24) is 15.1 Å². The van der Waals surface area contributed by atoms with Crippen LogP contribution >= 0.6 is 0 Å². The maximum Gasteiger partial charge on any atom is 0.168 e. The molecule has 5 heteroatoms. The molecule has 0 bridgehead atoms. The molecule has 86 valence electrons. The summed E-state index contributed by atoms with van der Waals surface area (Å²) < 4.78 is 0. The Morgan fingerprint density at radius 1 is 1.31 bits per heavy atom. The van der Waals surface area contributed by atoms with Crippen LogP contribution in [0.25, 0.3) is 0 Å². The first-order chi connectivity index (χ1) is 7.65. The maximum atomic E-state index is 8.93. The SMILES string of the molecule is CN(C)CCCN(C)c1nnccc1C#N. The number of nitrogens with zero attached hydrogens (tertiary/aromatic N) is 5. The Bertz CT molecular complexity index is 369. The highest BCUT2D eigenvalue weighted by atomic mass is 15.2. The average Bonchev–Trinajstić information content (AvgIpc) is 2.28. The quantitative estimate of drug-likeness (QED) is 0.731. The molecule has 0 radical (unpaired) electrons. The zero-order chi connectivity index (χ0) is 12.0. The summed E-state index contributed by atoms with van der Waals surface area (Å²) in [5, 5.41) is 16.7. The van der Waals surface area contributed by atoms with Gasteiger partial charge in [0.25, 0.3) is 0 Å². The summed E-state index contributed by atoms with van der Waals surface area (Å²) in [6.45, 7) is 1.89.